The highest BCUT2D eigenvalue weighted by Crippen LogP contribution is 2.12. The van der Waals surface area contributed by atoms with Crippen LogP contribution in [0.3, 0.4) is 0 Å². The number of carboxylic acid groups (broad SMARTS) is 1. The van der Waals surface area contributed by atoms with Crippen molar-refractivity contribution >= 4 is 22.7 Å². The van der Waals surface area contributed by atoms with Gasteiger partial charge in [-0.2, -0.15) is 0 Å². The van der Waals surface area contributed by atoms with Gasteiger partial charge in [0.1, 0.15) is 11.9 Å². The number of carboxylic acids is 1. The number of aliphatic carboxylic acids is 1. The molecule has 7 heteroatoms. The van der Waals surface area contributed by atoms with Crippen LogP contribution in [0.5, 0.6) is 0 Å². The lowest BCUT2D eigenvalue weighted by atomic mass is 10.1. The van der Waals surface area contributed by atoms with Crippen LogP contribution in [0.2, 0.25) is 0 Å². The van der Waals surface area contributed by atoms with Crippen LogP contribution in [-0.2, 0) is 26.1 Å². The van der Waals surface area contributed by atoms with E-state index in [4.69, 9.17) is 5.11 Å². The van der Waals surface area contributed by atoms with Crippen LogP contribution in [0.4, 0.5) is 4.39 Å². The number of carbonyl (C=O) groups is 2. The fraction of sp³-hybridized carbons (Fsp3) is 0.385. The average molecular weight is 301 g/mol. The molecule has 1 aromatic carbocycles. The summed E-state index contributed by atoms with van der Waals surface area (Å²) in [6.07, 6.45) is 0. The summed E-state index contributed by atoms with van der Waals surface area (Å²) in [6.45, 7) is 2.89. The predicted molar refractivity (Wildman–Crippen MR) is 73.1 cm³/mol. The molecule has 5 nitrogen and oxygen atoms in total. The van der Waals surface area contributed by atoms with Gasteiger partial charge in [-0.15, -0.1) is 0 Å². The van der Waals surface area contributed by atoms with Crippen LogP contribution < -0.4 is 5.32 Å². The lowest BCUT2D eigenvalue weighted by molar-refractivity contribution is -0.140. The molecule has 2 atom stereocenters. The molecule has 1 unspecified atom stereocenters. The molecule has 0 aromatic heterocycles. The zero-order valence-electron chi connectivity index (χ0n) is 11.2. The maximum absolute atomic E-state index is 12.9. The number of aryl methyl sites for hydroxylation is 1. The van der Waals surface area contributed by atoms with Gasteiger partial charge in [0.15, 0.2) is 0 Å². The summed E-state index contributed by atoms with van der Waals surface area (Å²) in [5.41, 5.74) is 1.35. The Labute approximate surface area is 118 Å². The van der Waals surface area contributed by atoms with Crippen LogP contribution >= 0.6 is 0 Å². The van der Waals surface area contributed by atoms with Gasteiger partial charge in [-0.3, -0.25) is 9.00 Å². The number of benzene rings is 1. The second-order valence-corrected chi connectivity index (χ2v) is 5.91. The first-order valence-corrected chi connectivity index (χ1v) is 7.38. The minimum atomic E-state index is -1.47. The van der Waals surface area contributed by atoms with Crippen molar-refractivity contribution in [1.29, 1.82) is 0 Å². The lowest BCUT2D eigenvalue weighted by Gasteiger charge is -2.13. The van der Waals surface area contributed by atoms with Crippen LogP contribution in [0.1, 0.15) is 18.1 Å². The Kier molecular flexibility index (Phi) is 5.82. The number of carbonyl (C=O) groups excluding carboxylic acids is 1. The Morgan fingerprint density at radius 3 is 2.60 bits per heavy atom. The van der Waals surface area contributed by atoms with Gasteiger partial charge in [0, 0.05) is 23.5 Å². The Morgan fingerprint density at radius 1 is 1.45 bits per heavy atom. The highest BCUT2D eigenvalue weighted by atomic mass is 32.2. The topological polar surface area (TPSA) is 83.5 Å². The van der Waals surface area contributed by atoms with E-state index < -0.39 is 28.7 Å². The summed E-state index contributed by atoms with van der Waals surface area (Å²) < 4.78 is 24.9. The number of hydrogen-bond donors (Lipinski definition) is 2. The quantitative estimate of drug-likeness (QED) is 0.820. The second kappa shape index (κ2) is 7.14. The van der Waals surface area contributed by atoms with E-state index in [1.165, 1.54) is 25.1 Å². The summed E-state index contributed by atoms with van der Waals surface area (Å²) in [6, 6.07) is 2.93. The molecule has 0 heterocycles. The summed E-state index contributed by atoms with van der Waals surface area (Å²) in [7, 11) is -1.47. The van der Waals surface area contributed by atoms with Gasteiger partial charge in [0.25, 0.3) is 0 Å². The molecule has 1 aromatic rings. The standard InChI is InChI=1S/C13H16FNO4S/c1-8-5-11(14)4-3-10(8)6-20(19)7-12(13(17)18)15-9(2)16/h3-5,12H,6-7H2,1-2H3,(H,15,16)(H,17,18)/t12-,20?/m0/s1. The van der Waals surface area contributed by atoms with Crippen molar-refractivity contribution in [2.24, 2.45) is 0 Å². The smallest absolute Gasteiger partial charge is 0.327 e. The molecule has 0 aliphatic carbocycles. The van der Waals surface area contributed by atoms with Gasteiger partial charge in [-0.25, -0.2) is 9.18 Å². The molecule has 1 amide bonds. The normalized spacial score (nSPS) is 13.6. The first kappa shape index (κ1) is 16.3. The molecule has 0 aliphatic rings. The molecule has 0 aliphatic heterocycles. The number of hydrogen-bond acceptors (Lipinski definition) is 3. The number of halogens is 1. The van der Waals surface area contributed by atoms with Gasteiger partial charge in [-0.1, -0.05) is 6.07 Å². The average Bonchev–Trinajstić information content (AvgIpc) is 2.31. The monoisotopic (exact) mass is 301 g/mol. The zero-order chi connectivity index (χ0) is 15.3. The van der Waals surface area contributed by atoms with Gasteiger partial charge < -0.3 is 10.4 Å². The molecular weight excluding hydrogens is 285 g/mol. The fourth-order valence-corrected chi connectivity index (χ4v) is 3.05. The van der Waals surface area contributed by atoms with Crippen molar-refractivity contribution in [3.05, 3.63) is 35.1 Å². The van der Waals surface area contributed by atoms with Crippen molar-refractivity contribution in [2.75, 3.05) is 5.75 Å². The van der Waals surface area contributed by atoms with E-state index in [2.05, 4.69) is 5.32 Å². The molecule has 1 rings (SSSR count). The van der Waals surface area contributed by atoms with E-state index >= 15 is 0 Å². The van der Waals surface area contributed by atoms with Crippen LogP contribution in [0.15, 0.2) is 18.2 Å². The molecular formula is C13H16FNO4S. The molecule has 0 spiro atoms. The largest absolute Gasteiger partial charge is 0.480 e. The van der Waals surface area contributed by atoms with Crippen molar-refractivity contribution < 1.29 is 23.3 Å². The summed E-state index contributed by atoms with van der Waals surface area (Å²) in [5, 5.41) is 11.2. The van der Waals surface area contributed by atoms with E-state index in [1.807, 2.05) is 0 Å². The minimum absolute atomic E-state index is 0.121. The SMILES string of the molecule is CC(=O)N[C@@H](CS(=O)Cc1ccc(F)cc1C)C(=O)O. The molecule has 0 bridgehead atoms. The van der Waals surface area contributed by atoms with E-state index in [0.717, 1.165) is 0 Å². The van der Waals surface area contributed by atoms with Crippen molar-refractivity contribution in [2.45, 2.75) is 25.6 Å². The van der Waals surface area contributed by atoms with E-state index in [9.17, 15) is 18.2 Å². The number of rotatable bonds is 6. The third-order valence-electron chi connectivity index (χ3n) is 2.65. The highest BCUT2D eigenvalue weighted by Gasteiger charge is 2.21. The minimum Gasteiger partial charge on any atom is -0.480 e. The Hall–Kier alpha value is -1.76. The number of nitrogens with one attached hydrogen (secondary N) is 1. The molecule has 0 saturated carbocycles. The van der Waals surface area contributed by atoms with Gasteiger partial charge in [0.05, 0.1) is 5.75 Å². The van der Waals surface area contributed by atoms with E-state index in [0.29, 0.717) is 11.1 Å². The van der Waals surface area contributed by atoms with Gasteiger partial charge >= 0.3 is 5.97 Å². The van der Waals surface area contributed by atoms with E-state index in [1.54, 1.807) is 6.92 Å². The molecule has 0 radical (unpaired) electrons. The van der Waals surface area contributed by atoms with Gasteiger partial charge in [0.2, 0.25) is 5.91 Å². The third-order valence-corrected chi connectivity index (χ3v) is 3.99. The predicted octanol–water partition coefficient (Wildman–Crippen LogP) is 0.972. The van der Waals surface area contributed by atoms with Crippen molar-refractivity contribution in [1.82, 2.24) is 5.32 Å². The maximum Gasteiger partial charge on any atom is 0.327 e. The molecule has 2 N–H and O–H groups in total. The van der Waals surface area contributed by atoms with E-state index in [-0.39, 0.29) is 17.3 Å². The molecule has 0 fully saturated rings. The van der Waals surface area contributed by atoms with Crippen molar-refractivity contribution in [3.8, 4) is 0 Å². The van der Waals surface area contributed by atoms with Crippen LogP contribution in [-0.4, -0.2) is 33.0 Å². The summed E-state index contributed by atoms with van der Waals surface area (Å²) >= 11 is 0. The van der Waals surface area contributed by atoms with Crippen LogP contribution in [0.25, 0.3) is 0 Å². The zero-order valence-corrected chi connectivity index (χ0v) is 12.0. The fourth-order valence-electron chi connectivity index (χ4n) is 1.66. The Balaban J connectivity index is 2.70. The first-order valence-electron chi connectivity index (χ1n) is 5.89. The summed E-state index contributed by atoms with van der Waals surface area (Å²) in [4.78, 5) is 21.8. The van der Waals surface area contributed by atoms with Crippen molar-refractivity contribution in [3.63, 3.8) is 0 Å². The molecule has 110 valence electrons. The second-order valence-electron chi connectivity index (χ2n) is 4.41. The maximum atomic E-state index is 12.9. The number of amides is 1. The van der Waals surface area contributed by atoms with Crippen LogP contribution in [0, 0.1) is 12.7 Å². The third kappa shape index (κ3) is 5.08. The first-order chi connectivity index (χ1) is 9.29. The Morgan fingerprint density at radius 2 is 2.10 bits per heavy atom. The summed E-state index contributed by atoms with van der Waals surface area (Å²) in [5.74, 6) is -2.17. The Bertz CT molecular complexity index is 547. The molecule has 0 saturated heterocycles. The lowest BCUT2D eigenvalue weighted by Crippen LogP contribution is -2.43. The molecule has 20 heavy (non-hydrogen) atoms. The highest BCUT2D eigenvalue weighted by molar-refractivity contribution is 7.84. The van der Waals surface area contributed by atoms with Gasteiger partial charge in [-0.05, 0) is 30.2 Å².